The monoisotopic (exact) mass is 363 g/mol. The summed E-state index contributed by atoms with van der Waals surface area (Å²) in [4.78, 5) is 13.7. The first kappa shape index (κ1) is 18.4. The Morgan fingerprint density at radius 1 is 0.958 bits per heavy atom. The predicted octanol–water partition coefficient (Wildman–Crippen LogP) is 5.59. The highest BCUT2D eigenvalue weighted by Crippen LogP contribution is 2.24. The van der Waals surface area contributed by atoms with Crippen molar-refractivity contribution in [3.63, 3.8) is 0 Å². The van der Waals surface area contributed by atoms with Gasteiger partial charge in [0.05, 0.1) is 11.4 Å². The molecule has 0 bridgehead atoms. The molecular weight excluding hydrogens is 345 g/mol. The van der Waals surface area contributed by atoms with E-state index in [0.717, 1.165) is 18.8 Å². The largest absolute Gasteiger partial charge is 0.369 e. The lowest BCUT2D eigenvalue weighted by molar-refractivity contribution is 0.101. The number of halogens is 2. The molecule has 0 fully saturated rings. The molecule has 0 aliphatic heterocycles. The van der Waals surface area contributed by atoms with Gasteiger partial charge in [0.15, 0.2) is 5.78 Å². The summed E-state index contributed by atoms with van der Waals surface area (Å²) < 4.78 is 0. The number of carbonyl (C=O) groups is 1. The number of alkyl halides is 2. The molecule has 0 amide bonds. The zero-order valence-corrected chi connectivity index (χ0v) is 15.0. The van der Waals surface area contributed by atoms with E-state index in [1.54, 1.807) is 12.1 Å². The molecule has 0 heterocycles. The molecule has 0 saturated heterocycles. The van der Waals surface area contributed by atoms with E-state index in [-0.39, 0.29) is 5.78 Å². The highest BCUT2D eigenvalue weighted by Gasteiger charge is 2.06. The molecule has 4 nitrogen and oxygen atoms in total. The molecule has 0 aliphatic carbocycles. The second-order valence-electron chi connectivity index (χ2n) is 5.15. The minimum absolute atomic E-state index is 0.0299. The van der Waals surface area contributed by atoms with Crippen LogP contribution in [-0.4, -0.2) is 30.6 Å². The predicted molar refractivity (Wildman–Crippen MR) is 101 cm³/mol. The molecule has 2 aromatic rings. The van der Waals surface area contributed by atoms with E-state index in [1.807, 2.05) is 36.4 Å². The van der Waals surface area contributed by atoms with Crippen molar-refractivity contribution in [3.05, 3.63) is 54.1 Å². The van der Waals surface area contributed by atoms with Crippen molar-refractivity contribution in [3.8, 4) is 0 Å². The van der Waals surface area contributed by atoms with Crippen LogP contribution in [0.15, 0.2) is 58.8 Å². The van der Waals surface area contributed by atoms with E-state index in [9.17, 15) is 4.79 Å². The number of azo groups is 1. The van der Waals surface area contributed by atoms with Crippen LogP contribution in [0.4, 0.5) is 17.1 Å². The lowest BCUT2D eigenvalue weighted by Gasteiger charge is -2.22. The zero-order chi connectivity index (χ0) is 17.4. The second kappa shape index (κ2) is 9.40. The maximum absolute atomic E-state index is 11.6. The van der Waals surface area contributed by atoms with Crippen molar-refractivity contribution in [2.75, 3.05) is 29.7 Å². The fourth-order valence-corrected chi connectivity index (χ4v) is 2.68. The van der Waals surface area contributed by atoms with Gasteiger partial charge in [-0.05, 0) is 43.3 Å². The molecule has 0 spiro atoms. The normalized spacial score (nSPS) is 11.0. The number of rotatable bonds is 8. The van der Waals surface area contributed by atoms with Crippen molar-refractivity contribution >= 4 is 46.0 Å². The first-order valence-electron chi connectivity index (χ1n) is 7.64. The van der Waals surface area contributed by atoms with Crippen LogP contribution < -0.4 is 4.90 Å². The van der Waals surface area contributed by atoms with Crippen LogP contribution in [0.2, 0.25) is 0 Å². The van der Waals surface area contributed by atoms with Gasteiger partial charge in [-0.15, -0.1) is 28.3 Å². The van der Waals surface area contributed by atoms with Crippen LogP contribution in [0.25, 0.3) is 0 Å². The minimum Gasteiger partial charge on any atom is -0.369 e. The summed E-state index contributed by atoms with van der Waals surface area (Å²) in [6, 6.07) is 14.9. The van der Waals surface area contributed by atoms with E-state index >= 15 is 0 Å². The highest BCUT2D eigenvalue weighted by molar-refractivity contribution is 6.18. The Hall–Kier alpha value is -1.91. The summed E-state index contributed by atoms with van der Waals surface area (Å²) in [6.45, 7) is 2.99. The summed E-state index contributed by atoms with van der Waals surface area (Å²) in [5, 5.41) is 8.41. The molecule has 0 atom stereocenters. The van der Waals surface area contributed by atoms with Crippen molar-refractivity contribution in [2.24, 2.45) is 10.2 Å². The molecule has 0 aliphatic rings. The topological polar surface area (TPSA) is 45.0 Å². The van der Waals surface area contributed by atoms with Crippen LogP contribution in [0, 0.1) is 0 Å². The van der Waals surface area contributed by atoms with Crippen LogP contribution in [0.3, 0.4) is 0 Å². The Kier molecular flexibility index (Phi) is 7.22. The van der Waals surface area contributed by atoms with Gasteiger partial charge in [-0.3, -0.25) is 4.79 Å². The standard InChI is InChI=1S/C18H19Cl2N3O/c1-14(24)17-4-2-3-5-18(17)22-21-15-6-8-16(9-7-15)23(12-10-19)13-11-20/h2-9H,10-13H2,1H3. The first-order valence-corrected chi connectivity index (χ1v) is 8.71. The van der Waals surface area contributed by atoms with Gasteiger partial charge < -0.3 is 4.90 Å². The Morgan fingerprint density at radius 3 is 2.17 bits per heavy atom. The van der Waals surface area contributed by atoms with Crippen molar-refractivity contribution < 1.29 is 4.79 Å². The molecule has 0 unspecified atom stereocenters. The average molecular weight is 364 g/mol. The van der Waals surface area contributed by atoms with Gasteiger partial charge in [0.1, 0.15) is 0 Å². The summed E-state index contributed by atoms with van der Waals surface area (Å²) in [7, 11) is 0. The third kappa shape index (κ3) is 5.05. The molecule has 2 aromatic carbocycles. The van der Waals surface area contributed by atoms with E-state index in [1.165, 1.54) is 6.92 Å². The Bertz CT molecular complexity index is 696. The van der Waals surface area contributed by atoms with Gasteiger partial charge in [-0.25, -0.2) is 0 Å². The average Bonchev–Trinajstić information content (AvgIpc) is 2.60. The summed E-state index contributed by atoms with van der Waals surface area (Å²) in [5.41, 5.74) is 2.89. The quantitative estimate of drug-likeness (QED) is 0.348. The van der Waals surface area contributed by atoms with Crippen LogP contribution >= 0.6 is 23.2 Å². The molecule has 24 heavy (non-hydrogen) atoms. The van der Waals surface area contributed by atoms with E-state index < -0.39 is 0 Å². The van der Waals surface area contributed by atoms with Gasteiger partial charge in [-0.2, -0.15) is 5.11 Å². The van der Waals surface area contributed by atoms with Gasteiger partial charge in [-0.1, -0.05) is 12.1 Å². The third-order valence-corrected chi connectivity index (χ3v) is 3.82. The maximum atomic E-state index is 11.6. The van der Waals surface area contributed by atoms with E-state index in [2.05, 4.69) is 15.1 Å². The van der Waals surface area contributed by atoms with Crippen molar-refractivity contribution in [1.82, 2.24) is 0 Å². The van der Waals surface area contributed by atoms with Gasteiger partial charge in [0.25, 0.3) is 0 Å². The Balaban J connectivity index is 2.15. The van der Waals surface area contributed by atoms with Gasteiger partial charge in [0, 0.05) is 36.1 Å². The molecule has 0 radical (unpaired) electrons. The van der Waals surface area contributed by atoms with Gasteiger partial charge >= 0.3 is 0 Å². The SMILES string of the molecule is CC(=O)c1ccccc1N=Nc1ccc(N(CCCl)CCCl)cc1. The number of ketones is 1. The molecule has 6 heteroatoms. The van der Waals surface area contributed by atoms with Crippen molar-refractivity contribution in [1.29, 1.82) is 0 Å². The Morgan fingerprint density at radius 2 is 1.58 bits per heavy atom. The number of benzene rings is 2. The number of hydrogen-bond acceptors (Lipinski definition) is 4. The molecule has 2 rings (SSSR count). The smallest absolute Gasteiger partial charge is 0.162 e. The number of carbonyl (C=O) groups excluding carboxylic acids is 1. The highest BCUT2D eigenvalue weighted by atomic mass is 35.5. The summed E-state index contributed by atoms with van der Waals surface area (Å²) in [5.74, 6) is 1.05. The molecule has 0 N–H and O–H groups in total. The van der Waals surface area contributed by atoms with Crippen LogP contribution in [0.1, 0.15) is 17.3 Å². The van der Waals surface area contributed by atoms with Crippen molar-refractivity contribution in [2.45, 2.75) is 6.92 Å². The number of hydrogen-bond donors (Lipinski definition) is 0. The minimum atomic E-state index is -0.0299. The number of nitrogens with zero attached hydrogens (tertiary/aromatic N) is 3. The number of anilines is 1. The molecule has 0 saturated carbocycles. The summed E-state index contributed by atoms with van der Waals surface area (Å²) in [6.07, 6.45) is 0. The van der Waals surface area contributed by atoms with E-state index in [4.69, 9.17) is 23.2 Å². The summed E-state index contributed by atoms with van der Waals surface area (Å²) >= 11 is 11.7. The third-order valence-electron chi connectivity index (χ3n) is 3.48. The lowest BCUT2D eigenvalue weighted by atomic mass is 10.1. The zero-order valence-electron chi connectivity index (χ0n) is 13.5. The molecule has 126 valence electrons. The molecule has 0 aromatic heterocycles. The van der Waals surface area contributed by atoms with Crippen LogP contribution in [0.5, 0.6) is 0 Å². The first-order chi connectivity index (χ1) is 11.7. The van der Waals surface area contributed by atoms with Gasteiger partial charge in [0.2, 0.25) is 0 Å². The second-order valence-corrected chi connectivity index (χ2v) is 5.91. The van der Waals surface area contributed by atoms with E-state index in [0.29, 0.717) is 28.7 Å². The Labute approximate surface area is 152 Å². The number of Topliss-reactive ketones (excluding diaryl/α,β-unsaturated/α-hetero) is 1. The lowest BCUT2D eigenvalue weighted by Crippen LogP contribution is -2.27. The van der Waals surface area contributed by atoms with Crippen LogP contribution in [-0.2, 0) is 0 Å². The fourth-order valence-electron chi connectivity index (χ4n) is 2.27. The molecular formula is C18H19Cl2N3O. The fraction of sp³-hybridized carbons (Fsp3) is 0.278. The maximum Gasteiger partial charge on any atom is 0.162 e.